The number of carbonyl (C=O) groups excluding carboxylic acids is 1. The molecule has 0 radical (unpaired) electrons. The van der Waals surface area contributed by atoms with Gasteiger partial charge >= 0.3 is 0 Å². The minimum Gasteiger partial charge on any atom is -0.376 e. The first kappa shape index (κ1) is 8.32. The van der Waals surface area contributed by atoms with Gasteiger partial charge in [0.2, 0.25) is 5.91 Å². The van der Waals surface area contributed by atoms with E-state index < -0.39 is 5.38 Å². The Morgan fingerprint density at radius 2 is 2.33 bits per heavy atom. The maximum atomic E-state index is 11.5. The van der Waals surface area contributed by atoms with Crippen LogP contribution in [-0.2, 0) is 9.53 Å². The van der Waals surface area contributed by atoms with Gasteiger partial charge in [-0.1, -0.05) is 0 Å². The van der Waals surface area contributed by atoms with Crippen LogP contribution < -0.4 is 0 Å². The topological polar surface area (TPSA) is 29.5 Å². The standard InChI is InChI=1S/C8H12ClNO2/c1-6(9)7(11)10-3-2-8(10)4-12-5-8/h6H,2-5H2,1H3. The molecule has 68 valence electrons. The zero-order valence-corrected chi connectivity index (χ0v) is 7.80. The van der Waals surface area contributed by atoms with Gasteiger partial charge in [-0.2, -0.15) is 0 Å². The normalized spacial score (nSPS) is 27.7. The lowest BCUT2D eigenvalue weighted by atomic mass is 9.82. The van der Waals surface area contributed by atoms with Gasteiger partial charge in [0.1, 0.15) is 5.38 Å². The highest BCUT2D eigenvalue weighted by Gasteiger charge is 2.53. The second-order valence-electron chi connectivity index (χ2n) is 3.57. The molecule has 2 fully saturated rings. The highest BCUT2D eigenvalue weighted by molar-refractivity contribution is 6.30. The third kappa shape index (κ3) is 0.962. The molecule has 0 N–H and O–H groups in total. The van der Waals surface area contributed by atoms with Crippen LogP contribution in [0.25, 0.3) is 0 Å². The summed E-state index contributed by atoms with van der Waals surface area (Å²) in [7, 11) is 0. The van der Waals surface area contributed by atoms with E-state index in [2.05, 4.69) is 0 Å². The number of alkyl halides is 1. The monoisotopic (exact) mass is 189 g/mol. The van der Waals surface area contributed by atoms with E-state index >= 15 is 0 Å². The Labute approximate surface area is 76.6 Å². The maximum Gasteiger partial charge on any atom is 0.240 e. The van der Waals surface area contributed by atoms with Crippen molar-refractivity contribution in [3.8, 4) is 0 Å². The predicted molar refractivity (Wildman–Crippen MR) is 45.2 cm³/mol. The SMILES string of the molecule is CC(Cl)C(=O)N1CCC12COC2. The molecule has 2 saturated heterocycles. The van der Waals surface area contributed by atoms with E-state index in [-0.39, 0.29) is 11.4 Å². The molecule has 0 aliphatic carbocycles. The van der Waals surface area contributed by atoms with Crippen molar-refractivity contribution in [2.24, 2.45) is 0 Å². The number of likely N-dealkylation sites (tertiary alicyclic amines) is 1. The number of hydrogen-bond donors (Lipinski definition) is 0. The van der Waals surface area contributed by atoms with Crippen LogP contribution in [0.3, 0.4) is 0 Å². The predicted octanol–water partition coefficient (Wildman–Crippen LogP) is 0.615. The number of amides is 1. The smallest absolute Gasteiger partial charge is 0.240 e. The van der Waals surface area contributed by atoms with Crippen LogP contribution in [0.1, 0.15) is 13.3 Å². The molecule has 3 nitrogen and oxygen atoms in total. The summed E-state index contributed by atoms with van der Waals surface area (Å²) in [6.07, 6.45) is 1.07. The third-order valence-corrected chi connectivity index (χ3v) is 2.91. The quantitative estimate of drug-likeness (QED) is 0.566. The molecule has 2 aliphatic rings. The summed E-state index contributed by atoms with van der Waals surface area (Å²) in [5, 5.41) is -0.400. The summed E-state index contributed by atoms with van der Waals surface area (Å²) in [4.78, 5) is 13.3. The molecule has 1 unspecified atom stereocenters. The van der Waals surface area contributed by atoms with Gasteiger partial charge in [0.25, 0.3) is 0 Å². The van der Waals surface area contributed by atoms with Crippen LogP contribution in [0.4, 0.5) is 0 Å². The second-order valence-corrected chi connectivity index (χ2v) is 4.23. The summed E-state index contributed by atoms with van der Waals surface area (Å²) in [6, 6.07) is 0. The Morgan fingerprint density at radius 3 is 2.58 bits per heavy atom. The van der Waals surface area contributed by atoms with Crippen LogP contribution in [0.15, 0.2) is 0 Å². The first-order valence-electron chi connectivity index (χ1n) is 4.19. The Balaban J connectivity index is 2.01. The molecule has 0 aromatic rings. The van der Waals surface area contributed by atoms with Crippen molar-refractivity contribution in [2.45, 2.75) is 24.3 Å². The second kappa shape index (κ2) is 2.60. The van der Waals surface area contributed by atoms with Gasteiger partial charge in [0.05, 0.1) is 18.8 Å². The summed E-state index contributed by atoms with van der Waals surface area (Å²) in [5.41, 5.74) is 0.0419. The number of ether oxygens (including phenoxy) is 1. The molecule has 0 saturated carbocycles. The Hall–Kier alpha value is -0.280. The fourth-order valence-electron chi connectivity index (χ4n) is 1.74. The van der Waals surface area contributed by atoms with Crippen LogP contribution in [0.5, 0.6) is 0 Å². The van der Waals surface area contributed by atoms with Gasteiger partial charge in [0.15, 0.2) is 0 Å². The first-order valence-corrected chi connectivity index (χ1v) is 4.63. The van der Waals surface area contributed by atoms with Crippen molar-refractivity contribution in [1.29, 1.82) is 0 Å². The Morgan fingerprint density at radius 1 is 1.67 bits per heavy atom. The fourth-order valence-corrected chi connectivity index (χ4v) is 1.85. The third-order valence-electron chi connectivity index (χ3n) is 2.72. The van der Waals surface area contributed by atoms with Gasteiger partial charge in [-0.25, -0.2) is 0 Å². The Kier molecular flexibility index (Phi) is 1.81. The van der Waals surface area contributed by atoms with Crippen LogP contribution in [0.2, 0.25) is 0 Å². The largest absolute Gasteiger partial charge is 0.376 e. The van der Waals surface area contributed by atoms with E-state index in [9.17, 15) is 4.79 Å². The molecule has 2 heterocycles. The van der Waals surface area contributed by atoms with Crippen LogP contribution >= 0.6 is 11.6 Å². The average Bonchev–Trinajstić information content (AvgIpc) is 1.81. The molecule has 0 aromatic carbocycles. The van der Waals surface area contributed by atoms with Crippen molar-refractivity contribution in [1.82, 2.24) is 4.90 Å². The number of nitrogens with zero attached hydrogens (tertiary/aromatic N) is 1. The molecule has 2 rings (SSSR count). The summed E-state index contributed by atoms with van der Waals surface area (Å²) < 4.78 is 5.10. The molecule has 2 aliphatic heterocycles. The summed E-state index contributed by atoms with van der Waals surface area (Å²) in [5.74, 6) is 0.0474. The molecular formula is C8H12ClNO2. The van der Waals surface area contributed by atoms with Crippen molar-refractivity contribution in [3.05, 3.63) is 0 Å². The summed E-state index contributed by atoms with van der Waals surface area (Å²) >= 11 is 5.71. The minimum absolute atomic E-state index is 0.0419. The van der Waals surface area contributed by atoms with E-state index in [1.54, 1.807) is 6.92 Å². The molecular weight excluding hydrogens is 178 g/mol. The number of halogens is 1. The highest BCUT2D eigenvalue weighted by Crippen LogP contribution is 2.37. The zero-order valence-electron chi connectivity index (χ0n) is 7.05. The first-order chi connectivity index (χ1) is 5.66. The highest BCUT2D eigenvalue weighted by atomic mass is 35.5. The van der Waals surface area contributed by atoms with E-state index in [1.807, 2.05) is 4.90 Å². The van der Waals surface area contributed by atoms with Crippen molar-refractivity contribution >= 4 is 17.5 Å². The lowest BCUT2D eigenvalue weighted by Crippen LogP contribution is -2.72. The Bertz CT molecular complexity index is 208. The number of carbonyl (C=O) groups is 1. The van der Waals surface area contributed by atoms with Crippen LogP contribution in [-0.4, -0.2) is 41.5 Å². The lowest BCUT2D eigenvalue weighted by Gasteiger charge is -2.57. The average molecular weight is 190 g/mol. The van der Waals surface area contributed by atoms with E-state index in [1.165, 1.54) is 0 Å². The lowest BCUT2D eigenvalue weighted by molar-refractivity contribution is -0.199. The minimum atomic E-state index is -0.400. The van der Waals surface area contributed by atoms with Gasteiger partial charge in [0, 0.05) is 6.54 Å². The van der Waals surface area contributed by atoms with Gasteiger partial charge in [-0.15, -0.1) is 11.6 Å². The van der Waals surface area contributed by atoms with E-state index in [0.29, 0.717) is 13.2 Å². The van der Waals surface area contributed by atoms with Gasteiger partial charge < -0.3 is 9.64 Å². The zero-order chi connectivity index (χ0) is 8.77. The van der Waals surface area contributed by atoms with Crippen molar-refractivity contribution < 1.29 is 9.53 Å². The maximum absolute atomic E-state index is 11.5. The molecule has 12 heavy (non-hydrogen) atoms. The number of hydrogen-bond acceptors (Lipinski definition) is 2. The van der Waals surface area contributed by atoms with Crippen LogP contribution in [0, 0.1) is 0 Å². The van der Waals surface area contributed by atoms with E-state index in [4.69, 9.17) is 16.3 Å². The van der Waals surface area contributed by atoms with Gasteiger partial charge in [-0.05, 0) is 13.3 Å². The fraction of sp³-hybridized carbons (Fsp3) is 0.875. The van der Waals surface area contributed by atoms with E-state index in [0.717, 1.165) is 13.0 Å². The van der Waals surface area contributed by atoms with Crippen molar-refractivity contribution in [3.63, 3.8) is 0 Å². The molecule has 0 bridgehead atoms. The molecule has 1 atom stereocenters. The molecule has 1 spiro atoms. The summed E-state index contributed by atoms with van der Waals surface area (Å²) in [6.45, 7) is 3.96. The molecule has 4 heteroatoms. The molecule has 0 aromatic heterocycles. The number of rotatable bonds is 1. The molecule has 1 amide bonds. The van der Waals surface area contributed by atoms with Gasteiger partial charge in [-0.3, -0.25) is 4.79 Å². The van der Waals surface area contributed by atoms with Crippen molar-refractivity contribution in [2.75, 3.05) is 19.8 Å².